The lowest BCUT2D eigenvalue weighted by molar-refractivity contribution is 1.43. The zero-order chi connectivity index (χ0) is 44.1. The van der Waals surface area contributed by atoms with Crippen LogP contribution in [0.25, 0.3) is 127 Å². The van der Waals surface area contributed by atoms with Crippen molar-refractivity contribution in [3.05, 3.63) is 247 Å². The van der Waals surface area contributed by atoms with Crippen LogP contribution in [-0.2, 0) is 0 Å². The van der Waals surface area contributed by atoms with Crippen LogP contribution in [0.15, 0.2) is 224 Å². The predicted molar refractivity (Wildman–Crippen MR) is 288 cm³/mol. The van der Waals surface area contributed by atoms with Gasteiger partial charge in [0.1, 0.15) is 0 Å². The lowest BCUT2D eigenvalue weighted by Gasteiger charge is -2.19. The highest BCUT2D eigenvalue weighted by Crippen LogP contribution is 2.46. The largest absolute Gasteiger partial charge is 0.0870 e. The Kier molecular flexibility index (Phi) is 9.73. The summed E-state index contributed by atoms with van der Waals surface area (Å²) in [6.45, 7) is 4.28. The van der Waals surface area contributed by atoms with Crippen LogP contribution in [-0.4, -0.2) is 0 Å². The highest BCUT2D eigenvalue weighted by atomic mass is 14.2. The van der Waals surface area contributed by atoms with Crippen LogP contribution < -0.4 is 0 Å². The zero-order valence-electron chi connectivity index (χ0n) is 37.1. The maximum atomic E-state index is 2.42. The van der Waals surface area contributed by atoms with Gasteiger partial charge in [-0.1, -0.05) is 224 Å². The number of benzene rings is 12. The molecule has 0 aliphatic carbocycles. The van der Waals surface area contributed by atoms with Gasteiger partial charge >= 0.3 is 0 Å². The van der Waals surface area contributed by atoms with Gasteiger partial charge in [0.05, 0.1) is 0 Å². The first-order chi connectivity index (χ1) is 32.6. The molecule has 0 radical (unpaired) electrons. The third-order valence-electron chi connectivity index (χ3n) is 13.7. The molecule has 310 valence electrons. The molecule has 0 amide bonds. The van der Waals surface area contributed by atoms with Gasteiger partial charge in [0.15, 0.2) is 0 Å². The minimum Gasteiger partial charge on any atom is -0.0870 e. The van der Waals surface area contributed by atoms with Crippen molar-refractivity contribution < 1.29 is 0 Å². The maximum Gasteiger partial charge on any atom is -0.00259 e. The van der Waals surface area contributed by atoms with Crippen molar-refractivity contribution >= 4 is 82.9 Å². The Morgan fingerprint density at radius 2 is 0.742 bits per heavy atom. The molecule has 0 heteroatoms. The van der Waals surface area contributed by atoms with Gasteiger partial charge in [-0.25, -0.2) is 0 Å². The summed E-state index contributed by atoms with van der Waals surface area (Å²) in [6, 6.07) is 80.9. The molecule has 12 rings (SSSR count). The van der Waals surface area contributed by atoms with E-state index in [4.69, 9.17) is 0 Å². The van der Waals surface area contributed by atoms with Gasteiger partial charge in [-0.3, -0.25) is 0 Å². The molecule has 0 bridgehead atoms. The second-order valence-electron chi connectivity index (χ2n) is 17.6. The topological polar surface area (TPSA) is 0 Å². The molecule has 0 atom stereocenters. The minimum atomic E-state index is 1.16. The molecule has 0 nitrogen and oxygen atoms in total. The second-order valence-corrected chi connectivity index (χ2v) is 17.6. The van der Waals surface area contributed by atoms with Gasteiger partial charge in [0, 0.05) is 0 Å². The Morgan fingerprint density at radius 3 is 1.32 bits per heavy atom. The first-order valence-corrected chi connectivity index (χ1v) is 23.0. The zero-order valence-corrected chi connectivity index (χ0v) is 37.1. The van der Waals surface area contributed by atoms with E-state index in [-0.39, 0.29) is 0 Å². The number of hydrogen-bond acceptors (Lipinski definition) is 0. The van der Waals surface area contributed by atoms with E-state index in [1.54, 1.807) is 0 Å². The van der Waals surface area contributed by atoms with Crippen molar-refractivity contribution in [2.75, 3.05) is 0 Å². The van der Waals surface area contributed by atoms with Gasteiger partial charge < -0.3 is 0 Å². The Balaban J connectivity index is 1.04. The lowest BCUT2D eigenvalue weighted by atomic mass is 9.84. The smallest absolute Gasteiger partial charge is 0.00259 e. The van der Waals surface area contributed by atoms with E-state index in [9.17, 15) is 0 Å². The van der Waals surface area contributed by atoms with E-state index in [1.165, 1.54) is 126 Å². The average molecular weight is 839 g/mol. The van der Waals surface area contributed by atoms with Crippen LogP contribution in [0, 0.1) is 6.92 Å². The molecule has 0 spiro atoms. The summed E-state index contributed by atoms with van der Waals surface area (Å²) >= 11 is 0. The maximum absolute atomic E-state index is 2.42. The predicted octanol–water partition coefficient (Wildman–Crippen LogP) is 18.8. The van der Waals surface area contributed by atoms with Gasteiger partial charge in [-0.2, -0.15) is 0 Å². The lowest BCUT2D eigenvalue weighted by Crippen LogP contribution is -1.92. The van der Waals surface area contributed by atoms with E-state index in [0.29, 0.717) is 0 Å². The Labute approximate surface area is 386 Å². The van der Waals surface area contributed by atoms with Crippen LogP contribution in [0.3, 0.4) is 0 Å². The van der Waals surface area contributed by atoms with Crippen LogP contribution in [0.5, 0.6) is 0 Å². The average Bonchev–Trinajstić information content (AvgIpc) is 3.37. The number of aryl methyl sites for hydroxylation is 1. The van der Waals surface area contributed by atoms with E-state index in [0.717, 1.165) is 5.56 Å². The van der Waals surface area contributed by atoms with Gasteiger partial charge in [-0.15, -0.1) is 0 Å². The molecule has 0 N–H and O–H groups in total. The Bertz CT molecular complexity index is 3880. The third-order valence-corrected chi connectivity index (χ3v) is 13.7. The summed E-state index contributed by atoms with van der Waals surface area (Å²) in [5.41, 5.74) is 14.9. The standard InChI is InChI=1S/C66H46/c1-3-15-53-43(2)16-14-27-54(53)47-32-34-48(35-33-47)64-58-23-10-8-21-55(58)57(56-22-9-11-24-59(56)64)38-28-44-29-39-62-63(40-44)66(52-37-31-46-18-5-7-20-50(46)42-52)61-26-13-12-25-60(61)65(62)51-36-30-45-17-4-6-19-49(45)41-51/h3-42H,1-2H3/b15-3-,38-28+. The first-order valence-electron chi connectivity index (χ1n) is 23.0. The van der Waals surface area contributed by atoms with Crippen molar-refractivity contribution in [2.45, 2.75) is 13.8 Å². The quantitative estimate of drug-likeness (QED) is 0.111. The molecular weight excluding hydrogens is 793 g/mol. The van der Waals surface area contributed by atoms with E-state index < -0.39 is 0 Å². The molecule has 0 saturated carbocycles. The molecule has 0 aliphatic heterocycles. The molecule has 0 aromatic heterocycles. The van der Waals surface area contributed by atoms with Crippen molar-refractivity contribution in [2.24, 2.45) is 0 Å². The highest BCUT2D eigenvalue weighted by molar-refractivity contribution is 6.23. The monoisotopic (exact) mass is 838 g/mol. The fourth-order valence-corrected chi connectivity index (χ4v) is 10.6. The van der Waals surface area contributed by atoms with E-state index >= 15 is 0 Å². The third kappa shape index (κ3) is 6.70. The molecule has 0 fully saturated rings. The van der Waals surface area contributed by atoms with Crippen LogP contribution >= 0.6 is 0 Å². The normalized spacial score (nSPS) is 12.0. The second kappa shape index (κ2) is 16.3. The number of rotatable bonds is 7. The Hall–Kier alpha value is -8.32. The summed E-state index contributed by atoms with van der Waals surface area (Å²) in [4.78, 5) is 0. The Morgan fingerprint density at radius 1 is 0.288 bits per heavy atom. The molecule has 12 aromatic carbocycles. The summed E-state index contributed by atoms with van der Waals surface area (Å²) in [7, 11) is 0. The van der Waals surface area contributed by atoms with Crippen molar-refractivity contribution in [1.29, 1.82) is 0 Å². The number of fused-ring (bicyclic) bond motifs is 6. The van der Waals surface area contributed by atoms with Crippen LogP contribution in [0.1, 0.15) is 29.2 Å². The van der Waals surface area contributed by atoms with Gasteiger partial charge in [0.25, 0.3) is 0 Å². The van der Waals surface area contributed by atoms with Crippen LogP contribution in [0.4, 0.5) is 0 Å². The van der Waals surface area contributed by atoms with E-state index in [1.807, 2.05) is 0 Å². The van der Waals surface area contributed by atoms with Crippen molar-refractivity contribution in [3.8, 4) is 44.5 Å². The number of hydrogen-bond donors (Lipinski definition) is 0. The summed E-state index contributed by atoms with van der Waals surface area (Å²) < 4.78 is 0. The van der Waals surface area contributed by atoms with Crippen LogP contribution in [0.2, 0.25) is 0 Å². The molecule has 0 heterocycles. The van der Waals surface area contributed by atoms with Crippen molar-refractivity contribution in [3.63, 3.8) is 0 Å². The molecule has 66 heavy (non-hydrogen) atoms. The molecule has 12 aromatic rings. The summed E-state index contributed by atoms with van der Waals surface area (Å²) in [5, 5.41) is 14.9. The van der Waals surface area contributed by atoms with Gasteiger partial charge in [-0.05, 0) is 163 Å². The van der Waals surface area contributed by atoms with E-state index in [2.05, 4.69) is 257 Å². The summed E-state index contributed by atoms with van der Waals surface area (Å²) in [6.07, 6.45) is 9.02. The molecular formula is C66H46. The number of allylic oxidation sites excluding steroid dienone is 1. The summed E-state index contributed by atoms with van der Waals surface area (Å²) in [5.74, 6) is 0. The molecule has 0 saturated heterocycles. The van der Waals surface area contributed by atoms with Gasteiger partial charge in [0.2, 0.25) is 0 Å². The first kappa shape index (κ1) is 39.3. The molecule has 0 aliphatic rings. The molecule has 0 unspecified atom stereocenters. The SMILES string of the molecule is C/C=C\c1c(C)cccc1-c1ccc(-c2c3ccccc3c(/C=C/c3ccc4c(-c5ccc6ccccc6c5)c5ccccc5c(-c5ccc6ccccc6c5)c4c3)c3ccccc23)cc1. The highest BCUT2D eigenvalue weighted by Gasteiger charge is 2.19. The van der Waals surface area contributed by atoms with Crippen molar-refractivity contribution in [1.82, 2.24) is 0 Å². The fraction of sp³-hybridized carbons (Fsp3) is 0.0303. The minimum absolute atomic E-state index is 1.16. The fourth-order valence-electron chi connectivity index (χ4n) is 10.6.